The summed E-state index contributed by atoms with van der Waals surface area (Å²) < 4.78 is -0.149. The summed E-state index contributed by atoms with van der Waals surface area (Å²) in [5.41, 5.74) is -0.948. The van der Waals surface area contributed by atoms with Crippen LogP contribution in [0, 0.1) is 11.8 Å². The number of carbonyl (C=O) groups excluding carboxylic acids is 3. The number of hydrogen-bond donors (Lipinski definition) is 0. The Hall–Kier alpha value is -0.918. The Morgan fingerprint density at radius 2 is 1.89 bits per heavy atom. The van der Waals surface area contributed by atoms with Gasteiger partial charge < -0.3 is 4.79 Å². The summed E-state index contributed by atoms with van der Waals surface area (Å²) in [6.07, 6.45) is 4.87. The van der Waals surface area contributed by atoms with Crippen LogP contribution in [-0.2, 0) is 14.4 Å². The van der Waals surface area contributed by atoms with E-state index in [4.69, 9.17) is 0 Å². The van der Waals surface area contributed by atoms with E-state index in [0.29, 0.717) is 6.42 Å². The summed E-state index contributed by atoms with van der Waals surface area (Å²) in [5, 5.41) is 0. The van der Waals surface area contributed by atoms with Crippen LogP contribution in [0.4, 0.5) is 0 Å². The van der Waals surface area contributed by atoms with Crippen molar-refractivity contribution >= 4 is 32.7 Å². The zero-order valence-electron chi connectivity index (χ0n) is 10.7. The van der Waals surface area contributed by atoms with Gasteiger partial charge in [-0.05, 0) is 31.1 Å². The Kier molecular flexibility index (Phi) is 3.48. The molecule has 1 unspecified atom stereocenters. The van der Waals surface area contributed by atoms with Gasteiger partial charge in [-0.15, -0.1) is 0 Å². The molecule has 0 N–H and O–H groups in total. The lowest BCUT2D eigenvalue weighted by atomic mass is 9.83. The number of imide groups is 1. The van der Waals surface area contributed by atoms with E-state index in [-0.39, 0.29) is 28.3 Å². The summed E-state index contributed by atoms with van der Waals surface area (Å²) in [5.74, 6) is -0.347. The maximum atomic E-state index is 12.2. The fourth-order valence-electron chi connectivity index (χ4n) is 2.83. The molecule has 94 valence electrons. The Morgan fingerprint density at radius 1 is 1.39 bits per heavy atom. The minimum Gasteiger partial charge on any atom is -0.321 e. The molecule has 2 radical (unpaired) electrons. The molecule has 0 aromatic heterocycles. The van der Waals surface area contributed by atoms with Gasteiger partial charge in [0.05, 0.1) is 5.54 Å². The van der Waals surface area contributed by atoms with E-state index in [1.54, 1.807) is 0 Å². The summed E-state index contributed by atoms with van der Waals surface area (Å²) >= 11 is 2.18. The largest absolute Gasteiger partial charge is 0.321 e. The van der Waals surface area contributed by atoms with Crippen LogP contribution in [0.15, 0.2) is 12.2 Å². The molecule has 5 heteroatoms. The molecule has 1 fully saturated rings. The quantitative estimate of drug-likeness (QED) is 0.543. The number of amides is 2. The van der Waals surface area contributed by atoms with Crippen molar-refractivity contribution in [2.45, 2.75) is 38.6 Å². The van der Waals surface area contributed by atoms with E-state index >= 15 is 0 Å². The molecule has 4 nitrogen and oxygen atoms in total. The standard InChI is InChI=1S/C13H16NO3.Al/c1-9(2)7-13(8-15,10-3-4-10)14-11(16)5-6-12(14)17;/h5-6,9-10H,3-4,7H2,1-2H3;. The Balaban J connectivity index is 2.43. The van der Waals surface area contributed by atoms with Gasteiger partial charge in [-0.25, -0.2) is 0 Å². The first-order valence-corrected chi connectivity index (χ1v) is 6.83. The van der Waals surface area contributed by atoms with E-state index in [0.717, 1.165) is 12.8 Å². The summed E-state index contributed by atoms with van der Waals surface area (Å²) in [4.78, 5) is 37.1. The van der Waals surface area contributed by atoms with Crippen LogP contribution in [0.5, 0.6) is 0 Å². The van der Waals surface area contributed by atoms with Crippen LogP contribution in [0.25, 0.3) is 0 Å². The first kappa shape index (κ1) is 13.5. The first-order valence-electron chi connectivity index (χ1n) is 6.25. The average Bonchev–Trinajstić information content (AvgIpc) is 3.03. The van der Waals surface area contributed by atoms with E-state index < -0.39 is 5.54 Å². The molecule has 1 aliphatic carbocycles. The monoisotopic (exact) mass is 261 g/mol. The second-order valence-corrected chi connectivity index (χ2v) is 6.03. The second kappa shape index (κ2) is 4.64. The van der Waals surface area contributed by atoms with Gasteiger partial charge in [-0.2, -0.15) is 0 Å². The number of hydrogen-bond acceptors (Lipinski definition) is 3. The normalized spacial score (nSPS) is 22.7. The van der Waals surface area contributed by atoms with Gasteiger partial charge >= 0.3 is 0 Å². The maximum absolute atomic E-state index is 12.2. The minimum atomic E-state index is -0.948. The molecule has 2 rings (SSSR count). The van der Waals surface area contributed by atoms with Crippen molar-refractivity contribution < 1.29 is 14.4 Å². The van der Waals surface area contributed by atoms with Gasteiger partial charge in [0.2, 0.25) is 16.3 Å². The second-order valence-electron chi connectivity index (χ2n) is 5.51. The van der Waals surface area contributed by atoms with Gasteiger partial charge in [0.25, 0.3) is 11.8 Å². The van der Waals surface area contributed by atoms with Gasteiger partial charge in [0.1, 0.15) is 0 Å². The molecule has 1 saturated carbocycles. The Bertz CT molecular complexity index is 422. The molecular formula is C13H16AlNO3. The predicted molar refractivity (Wildman–Crippen MR) is 66.7 cm³/mol. The lowest BCUT2D eigenvalue weighted by Gasteiger charge is -2.41. The topological polar surface area (TPSA) is 54.5 Å². The highest BCUT2D eigenvalue weighted by atomic mass is 27.0. The predicted octanol–water partition coefficient (Wildman–Crippen LogP) is 0.801. The van der Waals surface area contributed by atoms with Gasteiger partial charge in [0, 0.05) is 16.8 Å². The van der Waals surface area contributed by atoms with Crippen LogP contribution in [0.2, 0.25) is 0 Å². The SMILES string of the molecule is CC(C)CC([C](=O)[Al])(C1CC1)N1C(=O)C=CC1=O. The fraction of sp³-hybridized carbons (Fsp3) is 0.615. The molecule has 1 atom stereocenters. The Labute approximate surface area is 115 Å². The van der Waals surface area contributed by atoms with Gasteiger partial charge in [0.15, 0.2) is 0 Å². The third kappa shape index (κ3) is 2.06. The third-order valence-corrected chi connectivity index (χ3v) is 4.11. The van der Waals surface area contributed by atoms with E-state index in [2.05, 4.69) is 16.3 Å². The molecule has 0 aromatic carbocycles. The molecule has 0 spiro atoms. The van der Waals surface area contributed by atoms with Crippen LogP contribution in [0.3, 0.4) is 0 Å². The first-order chi connectivity index (χ1) is 8.39. The van der Waals surface area contributed by atoms with E-state index in [9.17, 15) is 14.4 Å². The fourth-order valence-corrected chi connectivity index (χ4v) is 3.31. The highest BCUT2D eigenvalue weighted by Crippen LogP contribution is 2.47. The summed E-state index contributed by atoms with van der Waals surface area (Å²) in [7, 11) is 0. The molecule has 18 heavy (non-hydrogen) atoms. The van der Waals surface area contributed by atoms with Crippen molar-refractivity contribution in [3.8, 4) is 0 Å². The van der Waals surface area contributed by atoms with Crippen molar-refractivity contribution in [3.63, 3.8) is 0 Å². The molecule has 1 aliphatic heterocycles. The van der Waals surface area contributed by atoms with E-state index in [1.807, 2.05) is 13.8 Å². The number of carbonyl (C=O) groups is 3. The molecule has 0 aromatic rings. The van der Waals surface area contributed by atoms with Crippen LogP contribution >= 0.6 is 0 Å². The highest BCUT2D eigenvalue weighted by Gasteiger charge is 2.55. The lowest BCUT2D eigenvalue weighted by molar-refractivity contribution is -0.151. The molecule has 0 bridgehead atoms. The molecule has 1 heterocycles. The van der Waals surface area contributed by atoms with Crippen LogP contribution in [0.1, 0.15) is 33.1 Å². The highest BCUT2D eigenvalue weighted by molar-refractivity contribution is 6.60. The van der Waals surface area contributed by atoms with Crippen molar-refractivity contribution in [1.29, 1.82) is 0 Å². The lowest BCUT2D eigenvalue weighted by Crippen LogP contribution is -2.59. The zero-order valence-corrected chi connectivity index (χ0v) is 11.8. The summed E-state index contributed by atoms with van der Waals surface area (Å²) in [6, 6.07) is 0. The van der Waals surface area contributed by atoms with E-state index in [1.165, 1.54) is 17.1 Å². The Morgan fingerprint density at radius 3 is 2.22 bits per heavy atom. The van der Waals surface area contributed by atoms with Crippen molar-refractivity contribution in [1.82, 2.24) is 4.90 Å². The van der Waals surface area contributed by atoms with Crippen LogP contribution < -0.4 is 0 Å². The van der Waals surface area contributed by atoms with Gasteiger partial charge in [-0.1, -0.05) is 13.8 Å². The molecule has 2 amide bonds. The number of nitrogens with zero attached hydrogens (tertiary/aromatic N) is 1. The third-order valence-electron chi connectivity index (χ3n) is 3.61. The van der Waals surface area contributed by atoms with Crippen LogP contribution in [-0.4, -0.2) is 43.2 Å². The van der Waals surface area contributed by atoms with Crippen molar-refractivity contribution in [2.24, 2.45) is 11.8 Å². The maximum Gasteiger partial charge on any atom is 0.254 e. The number of rotatable bonds is 5. The molecular weight excluding hydrogens is 245 g/mol. The average molecular weight is 261 g/mol. The minimum absolute atomic E-state index is 0.123. The van der Waals surface area contributed by atoms with Crippen molar-refractivity contribution in [3.05, 3.63) is 12.2 Å². The van der Waals surface area contributed by atoms with Crippen molar-refractivity contribution in [2.75, 3.05) is 0 Å². The molecule has 0 saturated heterocycles. The molecule has 2 aliphatic rings. The van der Waals surface area contributed by atoms with Gasteiger partial charge in [-0.3, -0.25) is 14.5 Å². The smallest absolute Gasteiger partial charge is 0.254 e. The zero-order chi connectivity index (χ0) is 13.5. The summed E-state index contributed by atoms with van der Waals surface area (Å²) in [6.45, 7) is 4.01.